The van der Waals surface area contributed by atoms with Crippen molar-refractivity contribution >= 4 is 11.9 Å². The summed E-state index contributed by atoms with van der Waals surface area (Å²) < 4.78 is 12.1. The van der Waals surface area contributed by atoms with E-state index in [0.717, 1.165) is 0 Å². The van der Waals surface area contributed by atoms with E-state index < -0.39 is 11.6 Å². The highest BCUT2D eigenvalue weighted by molar-refractivity contribution is 6.00. The number of benzene rings is 3. The molecule has 0 bridgehead atoms. The monoisotopic (exact) mass is 381 g/mol. The average molecular weight is 381 g/mol. The molecule has 5 heteroatoms. The van der Waals surface area contributed by atoms with Crippen LogP contribution in [0.1, 0.15) is 37.4 Å². The number of para-hydroxylation sites is 2. The topological polar surface area (TPSA) is 64.6 Å². The Bertz CT molecular complexity index is 1180. The zero-order chi connectivity index (χ0) is 20.0. The van der Waals surface area contributed by atoms with Crippen LogP contribution in [0.15, 0.2) is 66.7 Å². The van der Waals surface area contributed by atoms with Crippen molar-refractivity contribution in [2.75, 3.05) is 6.54 Å². The van der Waals surface area contributed by atoms with E-state index in [-0.39, 0.29) is 12.5 Å². The summed E-state index contributed by atoms with van der Waals surface area (Å²) in [5.41, 5.74) is 1.68. The van der Waals surface area contributed by atoms with Gasteiger partial charge < -0.3 is 14.8 Å². The maximum absolute atomic E-state index is 12.8. The molecule has 0 saturated heterocycles. The highest BCUT2D eigenvalue weighted by atomic mass is 16.6. The third-order valence-corrected chi connectivity index (χ3v) is 5.23. The molecule has 2 heterocycles. The molecule has 2 aliphatic rings. The van der Waals surface area contributed by atoms with Gasteiger partial charge >= 0.3 is 5.97 Å². The van der Waals surface area contributed by atoms with Crippen LogP contribution in [-0.2, 0) is 10.3 Å². The average Bonchev–Trinajstić information content (AvgIpc) is 3.05. The molecule has 0 radical (unpaired) electrons. The number of amides is 1. The van der Waals surface area contributed by atoms with Crippen LogP contribution in [0.2, 0.25) is 0 Å². The number of terminal acetylenes is 1. The number of ether oxygens (including phenoxy) is 2. The Morgan fingerprint density at radius 1 is 0.966 bits per heavy atom. The van der Waals surface area contributed by atoms with E-state index in [1.165, 1.54) is 0 Å². The summed E-state index contributed by atoms with van der Waals surface area (Å²) in [6.45, 7) is 0.121. The van der Waals surface area contributed by atoms with Gasteiger partial charge in [0.15, 0.2) is 5.60 Å². The first-order valence-electron chi connectivity index (χ1n) is 9.11. The molecule has 140 valence electrons. The first kappa shape index (κ1) is 17.1. The van der Waals surface area contributed by atoms with Crippen LogP contribution in [0.3, 0.4) is 0 Å². The van der Waals surface area contributed by atoms with Gasteiger partial charge in [-0.2, -0.15) is 0 Å². The Morgan fingerprint density at radius 2 is 1.62 bits per heavy atom. The zero-order valence-corrected chi connectivity index (χ0v) is 15.3. The molecule has 0 aromatic heterocycles. The van der Waals surface area contributed by atoms with Gasteiger partial charge in [-0.05, 0) is 30.3 Å². The third kappa shape index (κ3) is 2.36. The van der Waals surface area contributed by atoms with Gasteiger partial charge in [-0.3, -0.25) is 4.79 Å². The first-order valence-corrected chi connectivity index (χ1v) is 9.11. The lowest BCUT2D eigenvalue weighted by atomic mass is 9.77. The Morgan fingerprint density at radius 3 is 2.28 bits per heavy atom. The van der Waals surface area contributed by atoms with Crippen LogP contribution in [0, 0.1) is 12.3 Å². The van der Waals surface area contributed by atoms with Crippen molar-refractivity contribution < 1.29 is 19.1 Å². The number of rotatable bonds is 2. The van der Waals surface area contributed by atoms with Gasteiger partial charge in [-0.1, -0.05) is 42.3 Å². The third-order valence-electron chi connectivity index (χ3n) is 5.23. The van der Waals surface area contributed by atoms with E-state index in [4.69, 9.17) is 15.9 Å². The molecule has 0 unspecified atom stereocenters. The van der Waals surface area contributed by atoms with Crippen LogP contribution >= 0.6 is 0 Å². The Hall–Kier alpha value is -4.04. The van der Waals surface area contributed by atoms with Crippen LogP contribution in [0.4, 0.5) is 0 Å². The van der Waals surface area contributed by atoms with Gasteiger partial charge in [0.1, 0.15) is 11.5 Å². The number of nitrogens with one attached hydrogen (secondary N) is 1. The van der Waals surface area contributed by atoms with Crippen molar-refractivity contribution in [2.24, 2.45) is 0 Å². The minimum atomic E-state index is -1.18. The largest absolute Gasteiger partial charge is 0.456 e. The van der Waals surface area contributed by atoms with E-state index in [9.17, 15) is 9.59 Å². The molecule has 0 aliphatic carbocycles. The maximum Gasteiger partial charge on any atom is 0.340 e. The Kier molecular flexibility index (Phi) is 3.68. The number of hydrogen-bond donors (Lipinski definition) is 1. The maximum atomic E-state index is 12.8. The molecule has 5 rings (SSSR count). The molecule has 0 fully saturated rings. The lowest BCUT2D eigenvalue weighted by Gasteiger charge is -2.36. The SMILES string of the molecule is C#CCNC(=O)c1ccc2c(c1)C1(OC2=O)c2ccccc2Oc2ccccc21. The number of esters is 1. The van der Waals surface area contributed by atoms with E-state index in [0.29, 0.717) is 39.3 Å². The van der Waals surface area contributed by atoms with Gasteiger partial charge in [-0.25, -0.2) is 4.79 Å². The number of carbonyl (C=O) groups is 2. The van der Waals surface area contributed by atoms with E-state index in [2.05, 4.69) is 11.2 Å². The molecule has 5 nitrogen and oxygen atoms in total. The first-order chi connectivity index (χ1) is 14.1. The van der Waals surface area contributed by atoms with E-state index >= 15 is 0 Å². The predicted molar refractivity (Wildman–Crippen MR) is 106 cm³/mol. The van der Waals surface area contributed by atoms with Crippen molar-refractivity contribution in [3.8, 4) is 23.8 Å². The van der Waals surface area contributed by atoms with Crippen molar-refractivity contribution in [3.63, 3.8) is 0 Å². The second-order valence-corrected chi connectivity index (χ2v) is 6.81. The van der Waals surface area contributed by atoms with Crippen molar-refractivity contribution in [1.82, 2.24) is 5.32 Å². The van der Waals surface area contributed by atoms with E-state index in [1.54, 1.807) is 18.2 Å². The molecule has 3 aromatic rings. The molecule has 29 heavy (non-hydrogen) atoms. The Balaban J connectivity index is 1.78. The summed E-state index contributed by atoms with van der Waals surface area (Å²) in [4.78, 5) is 25.3. The van der Waals surface area contributed by atoms with Gasteiger partial charge in [0.25, 0.3) is 5.91 Å². The van der Waals surface area contributed by atoms with Crippen LogP contribution in [0.5, 0.6) is 11.5 Å². The standard InChI is InChI=1S/C24H15NO4/c1-2-13-25-22(26)15-11-12-16-19(14-15)24(29-23(16)27)17-7-3-5-9-20(17)28-21-10-6-4-8-18(21)24/h1,3-12,14H,13H2,(H,25,26). The molecule has 1 spiro atoms. The quantitative estimate of drug-likeness (QED) is 0.544. The normalized spacial score (nSPS) is 14.7. The summed E-state index contributed by atoms with van der Waals surface area (Å²) >= 11 is 0. The zero-order valence-electron chi connectivity index (χ0n) is 15.3. The fraction of sp³-hybridized carbons (Fsp3) is 0.0833. The van der Waals surface area contributed by atoms with Crippen molar-refractivity contribution in [1.29, 1.82) is 0 Å². The molecule has 1 amide bonds. The molecule has 2 aliphatic heterocycles. The lowest BCUT2D eigenvalue weighted by molar-refractivity contribution is 0.0224. The van der Waals surface area contributed by atoms with Crippen LogP contribution < -0.4 is 10.1 Å². The fourth-order valence-electron chi connectivity index (χ4n) is 3.99. The van der Waals surface area contributed by atoms with Gasteiger partial charge in [0.2, 0.25) is 0 Å². The predicted octanol–water partition coefficient (Wildman–Crippen LogP) is 3.62. The molecule has 3 aromatic carbocycles. The number of hydrogen-bond acceptors (Lipinski definition) is 4. The van der Waals surface area contributed by atoms with Gasteiger partial charge in [-0.15, -0.1) is 6.42 Å². The summed E-state index contributed by atoms with van der Waals surface area (Å²) in [7, 11) is 0. The second kappa shape index (κ2) is 6.25. The highest BCUT2D eigenvalue weighted by Crippen LogP contribution is 2.55. The fourth-order valence-corrected chi connectivity index (χ4v) is 3.99. The second-order valence-electron chi connectivity index (χ2n) is 6.81. The highest BCUT2D eigenvalue weighted by Gasteiger charge is 2.53. The lowest BCUT2D eigenvalue weighted by Crippen LogP contribution is -2.33. The summed E-state index contributed by atoms with van der Waals surface area (Å²) in [5, 5.41) is 2.66. The van der Waals surface area contributed by atoms with Crippen molar-refractivity contribution in [2.45, 2.75) is 5.60 Å². The molecule has 0 saturated carbocycles. The summed E-state index contributed by atoms with van der Waals surface area (Å²) in [6.07, 6.45) is 5.24. The summed E-state index contributed by atoms with van der Waals surface area (Å²) in [5.74, 6) is 2.84. The van der Waals surface area contributed by atoms with Gasteiger partial charge in [0, 0.05) is 22.3 Å². The summed E-state index contributed by atoms with van der Waals surface area (Å²) in [6, 6.07) is 19.8. The molecule has 0 atom stereocenters. The molecular weight excluding hydrogens is 366 g/mol. The van der Waals surface area contributed by atoms with Crippen LogP contribution in [-0.4, -0.2) is 18.4 Å². The minimum absolute atomic E-state index is 0.121. The molecular formula is C24H15NO4. The minimum Gasteiger partial charge on any atom is -0.456 e. The van der Waals surface area contributed by atoms with Crippen LogP contribution in [0.25, 0.3) is 0 Å². The molecule has 1 N–H and O–H groups in total. The smallest absolute Gasteiger partial charge is 0.340 e. The Labute approximate surface area is 167 Å². The number of fused-ring (bicyclic) bond motifs is 6. The van der Waals surface area contributed by atoms with Crippen molar-refractivity contribution in [3.05, 3.63) is 94.5 Å². The van der Waals surface area contributed by atoms with E-state index in [1.807, 2.05) is 48.5 Å². The number of carbonyl (C=O) groups excluding carboxylic acids is 2. The van der Waals surface area contributed by atoms with Gasteiger partial charge in [0.05, 0.1) is 12.1 Å².